The Morgan fingerprint density at radius 2 is 1.91 bits per heavy atom. The topological polar surface area (TPSA) is 66.4 Å². The number of hydrogen-bond acceptors (Lipinski definition) is 3. The van der Waals surface area contributed by atoms with Crippen LogP contribution < -0.4 is 5.32 Å². The highest BCUT2D eigenvalue weighted by Crippen LogP contribution is 2.29. The predicted octanol–water partition coefficient (Wildman–Crippen LogP) is 3.95. The minimum absolute atomic E-state index is 0.142. The fraction of sp³-hybridized carbons (Fsp3) is 0.250. The summed E-state index contributed by atoms with van der Waals surface area (Å²) < 4.78 is 0.965. The van der Waals surface area contributed by atoms with Crippen LogP contribution in [0.5, 0.6) is 0 Å². The Morgan fingerprint density at radius 1 is 1.23 bits per heavy atom. The summed E-state index contributed by atoms with van der Waals surface area (Å²) in [5.74, 6) is -1.44. The molecule has 0 saturated carbocycles. The third-order valence-corrected chi connectivity index (χ3v) is 5.12. The van der Waals surface area contributed by atoms with Crippen LogP contribution in [0.2, 0.25) is 0 Å². The van der Waals surface area contributed by atoms with Crippen molar-refractivity contribution in [2.45, 2.75) is 25.3 Å². The molecule has 0 radical (unpaired) electrons. The van der Waals surface area contributed by atoms with Gasteiger partial charge in [-0.05, 0) is 40.5 Å². The van der Waals surface area contributed by atoms with E-state index >= 15 is 0 Å². The van der Waals surface area contributed by atoms with E-state index in [1.165, 1.54) is 11.3 Å². The maximum Gasteiger partial charge on any atom is 0.305 e. The third kappa shape index (κ3) is 4.42. The van der Waals surface area contributed by atoms with Crippen molar-refractivity contribution in [3.8, 4) is 0 Å². The predicted molar refractivity (Wildman–Crippen MR) is 90.0 cm³/mol. The van der Waals surface area contributed by atoms with Gasteiger partial charge in [-0.2, -0.15) is 0 Å². The fourth-order valence-electron chi connectivity index (χ4n) is 2.10. The van der Waals surface area contributed by atoms with E-state index in [0.29, 0.717) is 0 Å². The van der Waals surface area contributed by atoms with Gasteiger partial charge in [-0.1, -0.05) is 30.3 Å². The highest BCUT2D eigenvalue weighted by molar-refractivity contribution is 9.11. The van der Waals surface area contributed by atoms with Crippen LogP contribution in [0, 0.1) is 0 Å². The van der Waals surface area contributed by atoms with E-state index < -0.39 is 12.0 Å². The van der Waals surface area contributed by atoms with Crippen LogP contribution in [0.3, 0.4) is 0 Å². The first kappa shape index (κ1) is 16.7. The first-order valence-electron chi connectivity index (χ1n) is 6.79. The van der Waals surface area contributed by atoms with Gasteiger partial charge in [0.25, 0.3) is 0 Å². The first-order valence-corrected chi connectivity index (χ1v) is 8.40. The summed E-state index contributed by atoms with van der Waals surface area (Å²) in [6.45, 7) is 1.82. The number of benzene rings is 1. The molecule has 0 fully saturated rings. The molecule has 0 aliphatic heterocycles. The van der Waals surface area contributed by atoms with E-state index in [2.05, 4.69) is 21.2 Å². The van der Waals surface area contributed by atoms with Crippen molar-refractivity contribution >= 4 is 39.1 Å². The number of carbonyl (C=O) groups excluding carboxylic acids is 1. The van der Waals surface area contributed by atoms with E-state index in [0.717, 1.165) is 14.2 Å². The molecule has 2 aromatic rings. The molecule has 6 heteroatoms. The minimum Gasteiger partial charge on any atom is -0.481 e. The zero-order chi connectivity index (χ0) is 16.1. The lowest BCUT2D eigenvalue weighted by Crippen LogP contribution is -2.33. The normalized spacial score (nSPS) is 13.4. The van der Waals surface area contributed by atoms with Crippen LogP contribution in [0.25, 0.3) is 0 Å². The van der Waals surface area contributed by atoms with Gasteiger partial charge in [0.2, 0.25) is 5.91 Å². The molecule has 22 heavy (non-hydrogen) atoms. The number of thiophene rings is 1. The van der Waals surface area contributed by atoms with Crippen LogP contribution in [0.4, 0.5) is 0 Å². The van der Waals surface area contributed by atoms with Gasteiger partial charge in [0, 0.05) is 4.88 Å². The average Bonchev–Trinajstić information content (AvgIpc) is 2.92. The van der Waals surface area contributed by atoms with Gasteiger partial charge in [0.1, 0.15) is 0 Å². The minimum atomic E-state index is -0.944. The largest absolute Gasteiger partial charge is 0.481 e. The van der Waals surface area contributed by atoms with Gasteiger partial charge in [-0.25, -0.2) is 0 Å². The number of amides is 1. The second-order valence-corrected chi connectivity index (χ2v) is 7.43. The average molecular weight is 382 g/mol. The van der Waals surface area contributed by atoms with Gasteiger partial charge >= 0.3 is 5.97 Å². The van der Waals surface area contributed by atoms with Gasteiger partial charge in [0.15, 0.2) is 0 Å². The van der Waals surface area contributed by atoms with Crippen molar-refractivity contribution in [3.63, 3.8) is 0 Å². The van der Waals surface area contributed by atoms with Gasteiger partial charge in [0.05, 0.1) is 22.2 Å². The summed E-state index contributed by atoms with van der Waals surface area (Å²) in [5.41, 5.74) is 0.790. The van der Waals surface area contributed by atoms with E-state index in [4.69, 9.17) is 5.11 Å². The Balaban J connectivity index is 2.12. The highest BCUT2D eigenvalue weighted by atomic mass is 79.9. The van der Waals surface area contributed by atoms with Crippen LogP contribution >= 0.6 is 27.3 Å². The van der Waals surface area contributed by atoms with Crippen LogP contribution in [-0.2, 0) is 9.59 Å². The number of rotatable bonds is 6. The van der Waals surface area contributed by atoms with Crippen molar-refractivity contribution in [2.75, 3.05) is 0 Å². The van der Waals surface area contributed by atoms with Crippen LogP contribution in [0.15, 0.2) is 46.3 Å². The molecule has 4 nitrogen and oxygen atoms in total. The quantitative estimate of drug-likeness (QED) is 0.795. The van der Waals surface area contributed by atoms with Crippen molar-refractivity contribution < 1.29 is 14.7 Å². The lowest BCUT2D eigenvalue weighted by Gasteiger charge is -2.19. The summed E-state index contributed by atoms with van der Waals surface area (Å²) in [6, 6.07) is 12.4. The molecule has 0 saturated heterocycles. The number of nitrogens with one attached hydrogen (secondary N) is 1. The second-order valence-electron chi connectivity index (χ2n) is 4.93. The monoisotopic (exact) mass is 381 g/mol. The molecule has 0 aliphatic carbocycles. The van der Waals surface area contributed by atoms with Crippen molar-refractivity contribution in [1.82, 2.24) is 5.32 Å². The highest BCUT2D eigenvalue weighted by Gasteiger charge is 2.23. The van der Waals surface area contributed by atoms with Gasteiger partial charge in [-0.15, -0.1) is 11.3 Å². The number of carboxylic acid groups (broad SMARTS) is 1. The smallest absolute Gasteiger partial charge is 0.305 e. The Morgan fingerprint density at radius 3 is 2.45 bits per heavy atom. The zero-order valence-electron chi connectivity index (χ0n) is 12.0. The Labute approximate surface area is 141 Å². The van der Waals surface area contributed by atoms with E-state index in [9.17, 15) is 9.59 Å². The summed E-state index contributed by atoms with van der Waals surface area (Å²) in [5, 5.41) is 11.9. The maximum atomic E-state index is 12.4. The first-order chi connectivity index (χ1) is 10.5. The molecule has 0 aliphatic rings. The number of carboxylic acids is 1. The summed E-state index contributed by atoms with van der Waals surface area (Å²) in [7, 11) is 0. The molecule has 0 spiro atoms. The van der Waals surface area contributed by atoms with E-state index in [1.807, 2.05) is 49.4 Å². The summed E-state index contributed by atoms with van der Waals surface area (Å²) in [6.07, 6.45) is -0.142. The number of halogens is 1. The van der Waals surface area contributed by atoms with E-state index in [-0.39, 0.29) is 18.2 Å². The van der Waals surface area contributed by atoms with Crippen LogP contribution in [-0.4, -0.2) is 17.0 Å². The molecule has 1 heterocycles. The number of carbonyl (C=O) groups is 2. The molecular formula is C16H16BrNO3S. The van der Waals surface area contributed by atoms with E-state index in [1.54, 1.807) is 0 Å². The molecule has 0 bridgehead atoms. The van der Waals surface area contributed by atoms with Crippen molar-refractivity contribution in [1.29, 1.82) is 0 Å². The Hall–Kier alpha value is -1.66. The van der Waals surface area contributed by atoms with Gasteiger partial charge in [-0.3, -0.25) is 9.59 Å². The molecule has 2 N–H and O–H groups in total. The van der Waals surface area contributed by atoms with Crippen molar-refractivity contribution in [2.24, 2.45) is 0 Å². The Bertz CT molecular complexity index is 656. The van der Waals surface area contributed by atoms with Gasteiger partial charge < -0.3 is 10.4 Å². The number of hydrogen-bond donors (Lipinski definition) is 2. The standard InChI is InChI=1S/C16H16BrNO3S/c1-10(13-7-8-14(17)22-13)16(21)18-12(9-15(19)20)11-5-3-2-4-6-11/h2-8,10,12H,9H2,1H3,(H,18,21)(H,19,20). The third-order valence-electron chi connectivity index (χ3n) is 3.31. The molecule has 2 rings (SSSR count). The second kappa shape index (κ2) is 7.56. The van der Waals surface area contributed by atoms with Crippen molar-refractivity contribution in [3.05, 3.63) is 56.7 Å². The molecule has 1 amide bonds. The Kier molecular flexibility index (Phi) is 5.74. The molecule has 1 aromatic heterocycles. The zero-order valence-corrected chi connectivity index (χ0v) is 14.4. The molecule has 2 unspecified atom stereocenters. The molecule has 116 valence electrons. The maximum absolute atomic E-state index is 12.4. The molecule has 1 aromatic carbocycles. The number of aliphatic carboxylic acids is 1. The lowest BCUT2D eigenvalue weighted by atomic mass is 10.0. The molecule has 2 atom stereocenters. The van der Waals surface area contributed by atoms with Crippen LogP contribution in [0.1, 0.15) is 35.7 Å². The SMILES string of the molecule is CC(C(=O)NC(CC(=O)O)c1ccccc1)c1ccc(Br)s1. The molecular weight excluding hydrogens is 366 g/mol. The lowest BCUT2D eigenvalue weighted by molar-refractivity contribution is -0.137. The summed E-state index contributed by atoms with van der Waals surface area (Å²) >= 11 is 4.88. The summed E-state index contributed by atoms with van der Waals surface area (Å²) in [4.78, 5) is 24.4. The fourth-order valence-corrected chi connectivity index (χ4v) is 3.57.